The second-order valence-electron chi connectivity index (χ2n) is 6.69. The zero-order valence-corrected chi connectivity index (χ0v) is 16.6. The van der Waals surface area contributed by atoms with E-state index in [0.29, 0.717) is 24.8 Å². The number of carbonyl (C=O) groups excluding carboxylic acids is 2. The van der Waals surface area contributed by atoms with E-state index in [1.54, 1.807) is 6.07 Å². The highest BCUT2D eigenvalue weighted by Crippen LogP contribution is 2.21. The molecule has 1 fully saturated rings. The predicted octanol–water partition coefficient (Wildman–Crippen LogP) is 1.48. The van der Waals surface area contributed by atoms with E-state index in [0.717, 1.165) is 24.3 Å². The molecule has 1 aliphatic heterocycles. The van der Waals surface area contributed by atoms with E-state index in [1.165, 1.54) is 0 Å². The maximum atomic E-state index is 12.3. The van der Waals surface area contributed by atoms with Gasteiger partial charge in [-0.3, -0.25) is 14.5 Å². The molecule has 0 aliphatic carbocycles. The molecular formula is C20H25ClN4O3. The first-order valence-electron chi connectivity index (χ1n) is 9.28. The van der Waals surface area contributed by atoms with E-state index in [1.807, 2.05) is 48.1 Å². The summed E-state index contributed by atoms with van der Waals surface area (Å²) in [7, 11) is 1.97. The summed E-state index contributed by atoms with van der Waals surface area (Å²) in [6.45, 7) is 3.43. The molecule has 0 saturated carbocycles. The van der Waals surface area contributed by atoms with Crippen LogP contribution in [0.2, 0.25) is 5.02 Å². The Morgan fingerprint density at radius 2 is 1.82 bits per heavy atom. The number of amides is 2. The number of ether oxygens (including phenoxy) is 1. The van der Waals surface area contributed by atoms with E-state index in [-0.39, 0.29) is 12.6 Å². The third kappa shape index (κ3) is 5.13. The molecule has 1 aromatic carbocycles. The number of carbonyl (C=O) groups is 2. The fraction of sp³-hybridized carbons (Fsp3) is 0.400. The summed E-state index contributed by atoms with van der Waals surface area (Å²) in [5.74, 6) is -1.33. The topological polar surface area (TPSA) is 75.6 Å². The molecule has 1 aliphatic rings. The number of hydrogen-bond donors (Lipinski definition) is 2. The van der Waals surface area contributed by atoms with Gasteiger partial charge in [0, 0.05) is 50.1 Å². The van der Waals surface area contributed by atoms with Crippen LogP contribution in [-0.2, 0) is 27.9 Å². The number of hydrogen-bond acceptors (Lipinski definition) is 4. The quantitative estimate of drug-likeness (QED) is 0.715. The number of benzene rings is 1. The first-order chi connectivity index (χ1) is 13.6. The maximum absolute atomic E-state index is 12.3. The van der Waals surface area contributed by atoms with Gasteiger partial charge < -0.3 is 19.9 Å². The molecule has 1 aromatic heterocycles. The molecule has 1 atom stereocenters. The molecule has 8 heteroatoms. The lowest BCUT2D eigenvalue weighted by molar-refractivity contribution is -0.139. The molecule has 1 unspecified atom stereocenters. The first kappa shape index (κ1) is 20.4. The summed E-state index contributed by atoms with van der Waals surface area (Å²) < 4.78 is 7.47. The number of nitrogens with zero attached hydrogens (tertiary/aromatic N) is 2. The zero-order valence-electron chi connectivity index (χ0n) is 15.9. The van der Waals surface area contributed by atoms with Crippen molar-refractivity contribution in [3.8, 4) is 0 Å². The van der Waals surface area contributed by atoms with Gasteiger partial charge in [0.2, 0.25) is 0 Å². The van der Waals surface area contributed by atoms with Crippen molar-refractivity contribution in [3.05, 3.63) is 58.9 Å². The van der Waals surface area contributed by atoms with Crippen molar-refractivity contribution in [3.63, 3.8) is 0 Å². The van der Waals surface area contributed by atoms with Crippen LogP contribution in [0, 0.1) is 0 Å². The van der Waals surface area contributed by atoms with Crippen molar-refractivity contribution >= 4 is 23.4 Å². The van der Waals surface area contributed by atoms with Crippen molar-refractivity contribution < 1.29 is 14.3 Å². The lowest BCUT2D eigenvalue weighted by atomic mass is 10.1. The highest BCUT2D eigenvalue weighted by molar-refractivity contribution is 6.35. The molecule has 0 radical (unpaired) electrons. The normalized spacial score (nSPS) is 15.8. The second-order valence-corrected chi connectivity index (χ2v) is 7.10. The fourth-order valence-corrected chi connectivity index (χ4v) is 3.50. The average molecular weight is 405 g/mol. The SMILES string of the molecule is Cn1cccc1C(CNC(=O)C(=O)NCc1ccccc1Cl)N1CCOCC1. The Balaban J connectivity index is 1.57. The van der Waals surface area contributed by atoms with Gasteiger partial charge in [-0.25, -0.2) is 0 Å². The monoisotopic (exact) mass is 404 g/mol. The third-order valence-corrected chi connectivity index (χ3v) is 5.24. The lowest BCUT2D eigenvalue weighted by Crippen LogP contribution is -2.47. The van der Waals surface area contributed by atoms with E-state index in [4.69, 9.17) is 16.3 Å². The van der Waals surface area contributed by atoms with Crippen LogP contribution >= 0.6 is 11.6 Å². The molecule has 2 amide bonds. The van der Waals surface area contributed by atoms with Crippen molar-refractivity contribution in [1.82, 2.24) is 20.1 Å². The van der Waals surface area contributed by atoms with Gasteiger partial charge in [0.05, 0.1) is 19.3 Å². The van der Waals surface area contributed by atoms with E-state index >= 15 is 0 Å². The average Bonchev–Trinajstić information content (AvgIpc) is 3.13. The fourth-order valence-electron chi connectivity index (χ4n) is 3.30. The molecule has 28 heavy (non-hydrogen) atoms. The Morgan fingerprint density at radius 3 is 2.50 bits per heavy atom. The summed E-state index contributed by atoms with van der Waals surface area (Å²) in [5.41, 5.74) is 1.85. The minimum Gasteiger partial charge on any atom is -0.379 e. The van der Waals surface area contributed by atoms with Gasteiger partial charge >= 0.3 is 11.8 Å². The van der Waals surface area contributed by atoms with E-state index in [9.17, 15) is 9.59 Å². The smallest absolute Gasteiger partial charge is 0.309 e. The second kappa shape index (κ2) is 9.73. The first-order valence-corrected chi connectivity index (χ1v) is 9.66. The summed E-state index contributed by atoms with van der Waals surface area (Å²) in [5, 5.41) is 5.94. The molecule has 3 rings (SSSR count). The summed E-state index contributed by atoms with van der Waals surface area (Å²) >= 11 is 6.08. The molecule has 2 N–H and O–H groups in total. The minimum atomic E-state index is -0.674. The van der Waals surface area contributed by atoms with Crippen LogP contribution in [0.3, 0.4) is 0 Å². The number of halogens is 1. The van der Waals surface area contributed by atoms with Crippen molar-refractivity contribution in [2.75, 3.05) is 32.8 Å². The molecule has 1 saturated heterocycles. The molecule has 7 nitrogen and oxygen atoms in total. The van der Waals surface area contributed by atoms with Crippen LogP contribution in [0.1, 0.15) is 17.3 Å². The van der Waals surface area contributed by atoms with Gasteiger partial charge in [-0.15, -0.1) is 0 Å². The molecule has 2 aromatic rings. The van der Waals surface area contributed by atoms with Crippen LogP contribution < -0.4 is 10.6 Å². The van der Waals surface area contributed by atoms with E-state index in [2.05, 4.69) is 15.5 Å². The van der Waals surface area contributed by atoms with Crippen LogP contribution in [0.25, 0.3) is 0 Å². The number of nitrogens with one attached hydrogen (secondary N) is 2. The molecular weight excluding hydrogens is 380 g/mol. The number of rotatable bonds is 6. The van der Waals surface area contributed by atoms with Gasteiger partial charge in [0.15, 0.2) is 0 Å². The maximum Gasteiger partial charge on any atom is 0.309 e. The Hall–Kier alpha value is -2.35. The van der Waals surface area contributed by atoms with Gasteiger partial charge in [0.25, 0.3) is 0 Å². The summed E-state index contributed by atoms with van der Waals surface area (Å²) in [4.78, 5) is 26.7. The Morgan fingerprint density at radius 1 is 1.11 bits per heavy atom. The van der Waals surface area contributed by atoms with Crippen LogP contribution in [0.5, 0.6) is 0 Å². The van der Waals surface area contributed by atoms with Gasteiger partial charge in [-0.2, -0.15) is 0 Å². The van der Waals surface area contributed by atoms with Crippen LogP contribution in [0.4, 0.5) is 0 Å². The zero-order chi connectivity index (χ0) is 19.9. The molecule has 150 valence electrons. The largest absolute Gasteiger partial charge is 0.379 e. The highest BCUT2D eigenvalue weighted by atomic mass is 35.5. The number of morpholine rings is 1. The van der Waals surface area contributed by atoms with Crippen molar-refractivity contribution in [2.24, 2.45) is 7.05 Å². The van der Waals surface area contributed by atoms with Crippen LogP contribution in [0.15, 0.2) is 42.6 Å². The van der Waals surface area contributed by atoms with Crippen LogP contribution in [-0.4, -0.2) is 54.1 Å². The Kier molecular flexibility index (Phi) is 7.08. The predicted molar refractivity (Wildman–Crippen MR) is 107 cm³/mol. The Bertz CT molecular complexity index is 817. The highest BCUT2D eigenvalue weighted by Gasteiger charge is 2.26. The minimum absolute atomic E-state index is 0.0239. The third-order valence-electron chi connectivity index (χ3n) is 4.87. The van der Waals surface area contributed by atoms with Gasteiger partial charge in [-0.05, 0) is 23.8 Å². The molecule has 0 spiro atoms. The van der Waals surface area contributed by atoms with Crippen molar-refractivity contribution in [2.45, 2.75) is 12.6 Å². The molecule has 2 heterocycles. The number of aromatic nitrogens is 1. The standard InChI is InChI=1S/C20H25ClN4O3/c1-24-8-4-7-17(24)18(25-9-11-28-12-10-25)14-23-20(27)19(26)22-13-15-5-2-3-6-16(15)21/h2-8,18H,9-14H2,1H3,(H,22,26)(H,23,27). The Labute approximate surface area is 169 Å². The van der Waals surface area contributed by atoms with Gasteiger partial charge in [0.1, 0.15) is 0 Å². The number of aryl methyl sites for hydroxylation is 1. The van der Waals surface area contributed by atoms with E-state index < -0.39 is 11.8 Å². The summed E-state index contributed by atoms with van der Waals surface area (Å²) in [6, 6.07) is 11.2. The molecule has 0 bridgehead atoms. The summed E-state index contributed by atoms with van der Waals surface area (Å²) in [6.07, 6.45) is 1.97. The van der Waals surface area contributed by atoms with Crippen molar-refractivity contribution in [1.29, 1.82) is 0 Å². The van der Waals surface area contributed by atoms with Gasteiger partial charge in [-0.1, -0.05) is 29.8 Å². The lowest BCUT2D eigenvalue weighted by Gasteiger charge is -2.34.